The zero-order valence-corrected chi connectivity index (χ0v) is 15.8. The number of hydrogen-bond donors (Lipinski definition) is 1. The Morgan fingerprint density at radius 1 is 1.21 bits per heavy atom. The van der Waals surface area contributed by atoms with Gasteiger partial charge in [0.05, 0.1) is 6.10 Å². The summed E-state index contributed by atoms with van der Waals surface area (Å²) in [4.78, 5) is 12.1. The molecule has 4 aliphatic rings. The van der Waals surface area contributed by atoms with Gasteiger partial charge in [-0.15, -0.1) is 0 Å². The molecular formula is C21H29ClO2. The quantitative estimate of drug-likeness (QED) is 0.678. The molecule has 2 saturated carbocycles. The summed E-state index contributed by atoms with van der Waals surface area (Å²) in [7, 11) is 0. The summed E-state index contributed by atoms with van der Waals surface area (Å²) in [5, 5.41) is 11.4. The van der Waals surface area contributed by atoms with Crippen molar-refractivity contribution in [3.05, 3.63) is 22.8 Å². The molecule has 0 aromatic carbocycles. The minimum atomic E-state index is -0.506. The highest BCUT2D eigenvalue weighted by Crippen LogP contribution is 2.65. The predicted molar refractivity (Wildman–Crippen MR) is 96.6 cm³/mol. The van der Waals surface area contributed by atoms with Crippen LogP contribution < -0.4 is 0 Å². The third-order valence-corrected chi connectivity index (χ3v) is 8.83. The Hall–Kier alpha value is -0.600. The Bertz CT molecular complexity index is 636. The van der Waals surface area contributed by atoms with Crippen molar-refractivity contribution in [1.82, 2.24) is 0 Å². The molecule has 1 N–H and O–H groups in total. The van der Waals surface area contributed by atoms with Gasteiger partial charge < -0.3 is 5.11 Å². The minimum absolute atomic E-state index is 0.0850. The molecule has 2 fully saturated rings. The van der Waals surface area contributed by atoms with Gasteiger partial charge >= 0.3 is 0 Å². The van der Waals surface area contributed by atoms with Gasteiger partial charge in [0, 0.05) is 16.9 Å². The largest absolute Gasteiger partial charge is 0.387 e. The lowest BCUT2D eigenvalue weighted by molar-refractivity contribution is -0.131. The number of carbonyl (C=O) groups excluding carboxylic acids is 1. The van der Waals surface area contributed by atoms with E-state index in [1.165, 1.54) is 12.0 Å². The van der Waals surface area contributed by atoms with Crippen LogP contribution in [0.2, 0.25) is 0 Å². The first-order valence-electron chi connectivity index (χ1n) is 9.53. The number of fused-ring (bicyclic) bond motifs is 5. The van der Waals surface area contributed by atoms with Crippen molar-refractivity contribution < 1.29 is 9.90 Å². The highest BCUT2D eigenvalue weighted by atomic mass is 35.5. The number of allylic oxidation sites excluding steroid dienone is 3. The van der Waals surface area contributed by atoms with E-state index in [4.69, 9.17) is 11.6 Å². The fraction of sp³-hybridized carbons (Fsp3) is 0.762. The molecule has 0 aliphatic heterocycles. The summed E-state index contributed by atoms with van der Waals surface area (Å²) >= 11 is 6.29. The molecule has 0 heterocycles. The summed E-state index contributed by atoms with van der Waals surface area (Å²) in [6, 6.07) is 0. The number of aliphatic hydroxyl groups excluding tert-OH is 1. The highest BCUT2D eigenvalue weighted by Gasteiger charge is 2.59. The number of carbonyl (C=O) groups is 1. The first kappa shape index (κ1) is 16.8. The van der Waals surface area contributed by atoms with Gasteiger partial charge in [-0.1, -0.05) is 37.1 Å². The molecule has 0 aromatic rings. The molecule has 0 aromatic heterocycles. The molecule has 132 valence electrons. The lowest BCUT2D eigenvalue weighted by atomic mass is 9.43. The first-order chi connectivity index (χ1) is 11.3. The van der Waals surface area contributed by atoms with Crippen molar-refractivity contribution >= 4 is 17.4 Å². The molecule has 0 bridgehead atoms. The van der Waals surface area contributed by atoms with Crippen molar-refractivity contribution in [2.24, 2.45) is 34.5 Å². The van der Waals surface area contributed by atoms with Crippen LogP contribution in [0.1, 0.15) is 59.3 Å². The molecule has 0 spiro atoms. The van der Waals surface area contributed by atoms with Gasteiger partial charge in [-0.2, -0.15) is 0 Å². The number of hydrogen-bond acceptors (Lipinski definition) is 2. The van der Waals surface area contributed by atoms with E-state index in [1.54, 1.807) is 0 Å². The summed E-state index contributed by atoms with van der Waals surface area (Å²) in [6.07, 6.45) is 9.72. The van der Waals surface area contributed by atoms with E-state index in [9.17, 15) is 9.90 Å². The molecule has 4 aliphatic carbocycles. The van der Waals surface area contributed by atoms with Gasteiger partial charge in [0.1, 0.15) is 0 Å². The SMILES string of the molecule is CC1=CC(=O)C[C@@H]2CC[C@H]3[C@@H]4CC=C(Cl)[C@H](O)[C@@]4(C)CC[C@@H]3[C@@]12C. The van der Waals surface area contributed by atoms with E-state index in [0.717, 1.165) is 32.1 Å². The number of ketones is 1. The Morgan fingerprint density at radius 3 is 2.71 bits per heavy atom. The number of halogens is 1. The van der Waals surface area contributed by atoms with Crippen LogP contribution in [0.3, 0.4) is 0 Å². The summed E-state index contributed by atoms with van der Waals surface area (Å²) in [6.45, 7) is 6.83. The van der Waals surface area contributed by atoms with Crippen molar-refractivity contribution in [2.45, 2.75) is 65.4 Å². The average Bonchev–Trinajstić information content (AvgIpc) is 2.53. The number of aliphatic hydroxyl groups is 1. The Balaban J connectivity index is 1.73. The van der Waals surface area contributed by atoms with Crippen molar-refractivity contribution in [3.8, 4) is 0 Å². The summed E-state index contributed by atoms with van der Waals surface area (Å²) in [5.74, 6) is 2.61. The van der Waals surface area contributed by atoms with E-state index >= 15 is 0 Å². The van der Waals surface area contributed by atoms with Crippen LogP contribution in [-0.2, 0) is 4.79 Å². The summed E-state index contributed by atoms with van der Waals surface area (Å²) < 4.78 is 0. The van der Waals surface area contributed by atoms with Gasteiger partial charge in [0.25, 0.3) is 0 Å². The van der Waals surface area contributed by atoms with Crippen molar-refractivity contribution in [1.29, 1.82) is 0 Å². The van der Waals surface area contributed by atoms with E-state index < -0.39 is 6.10 Å². The van der Waals surface area contributed by atoms with Crippen LogP contribution in [0.5, 0.6) is 0 Å². The average molecular weight is 349 g/mol. The topological polar surface area (TPSA) is 37.3 Å². The van der Waals surface area contributed by atoms with Gasteiger partial charge in [0.2, 0.25) is 0 Å². The number of rotatable bonds is 0. The van der Waals surface area contributed by atoms with Gasteiger partial charge in [-0.3, -0.25) is 4.79 Å². The predicted octanol–water partition coefficient (Wildman–Crippen LogP) is 4.86. The highest BCUT2D eigenvalue weighted by molar-refractivity contribution is 6.30. The second-order valence-electron chi connectivity index (χ2n) is 9.20. The van der Waals surface area contributed by atoms with Crippen molar-refractivity contribution in [3.63, 3.8) is 0 Å². The van der Waals surface area contributed by atoms with Crippen LogP contribution in [0.4, 0.5) is 0 Å². The molecule has 0 saturated heterocycles. The Labute approximate surface area is 150 Å². The maximum Gasteiger partial charge on any atom is 0.155 e. The molecule has 7 atom stereocenters. The molecule has 24 heavy (non-hydrogen) atoms. The molecule has 0 amide bonds. The maximum absolute atomic E-state index is 12.1. The van der Waals surface area contributed by atoms with Gasteiger partial charge in [0.15, 0.2) is 5.78 Å². The fourth-order valence-electron chi connectivity index (χ4n) is 6.86. The Morgan fingerprint density at radius 2 is 1.96 bits per heavy atom. The molecule has 3 heteroatoms. The molecule has 4 rings (SSSR count). The van der Waals surface area contributed by atoms with Crippen LogP contribution in [0.25, 0.3) is 0 Å². The van der Waals surface area contributed by atoms with Gasteiger partial charge in [-0.25, -0.2) is 0 Å². The van der Waals surface area contributed by atoms with Crippen LogP contribution in [-0.4, -0.2) is 17.0 Å². The van der Waals surface area contributed by atoms with E-state index in [1.807, 2.05) is 6.08 Å². The summed E-state index contributed by atoms with van der Waals surface area (Å²) in [5.41, 5.74) is 1.37. The maximum atomic E-state index is 12.1. The second-order valence-corrected chi connectivity index (χ2v) is 9.64. The van der Waals surface area contributed by atoms with Crippen LogP contribution >= 0.6 is 11.6 Å². The van der Waals surface area contributed by atoms with Gasteiger partial charge in [-0.05, 0) is 74.2 Å². The lowest BCUT2D eigenvalue weighted by Crippen LogP contribution is -2.57. The smallest absolute Gasteiger partial charge is 0.155 e. The molecular weight excluding hydrogens is 320 g/mol. The zero-order chi connectivity index (χ0) is 17.3. The fourth-order valence-corrected chi connectivity index (χ4v) is 7.19. The molecule has 2 nitrogen and oxygen atoms in total. The lowest BCUT2D eigenvalue weighted by Gasteiger charge is -2.62. The monoisotopic (exact) mass is 348 g/mol. The third-order valence-electron chi connectivity index (χ3n) is 8.47. The van der Waals surface area contributed by atoms with Crippen LogP contribution in [0.15, 0.2) is 22.8 Å². The van der Waals surface area contributed by atoms with E-state index in [2.05, 4.69) is 26.8 Å². The van der Waals surface area contributed by atoms with E-state index in [-0.39, 0.29) is 10.8 Å². The van der Waals surface area contributed by atoms with Crippen LogP contribution in [0, 0.1) is 34.5 Å². The second kappa shape index (κ2) is 5.45. The zero-order valence-electron chi connectivity index (χ0n) is 15.0. The first-order valence-corrected chi connectivity index (χ1v) is 9.91. The Kier molecular flexibility index (Phi) is 3.82. The minimum Gasteiger partial charge on any atom is -0.387 e. The van der Waals surface area contributed by atoms with Crippen molar-refractivity contribution in [2.75, 3.05) is 0 Å². The third kappa shape index (κ3) is 2.08. The molecule has 0 radical (unpaired) electrons. The molecule has 0 unspecified atom stereocenters. The normalized spacial score (nSPS) is 51.0. The standard InChI is InChI=1S/C21H29ClO2/c1-12-10-14(23)11-13-4-5-15-16-6-7-18(22)19(24)20(16,2)9-8-17(15)21(12,13)3/h7,10,13,15-17,19,24H,4-6,8-9,11H2,1-3H3/t13-,15-,16-,17-,19-,20-,21-/m0/s1. The van der Waals surface area contributed by atoms with E-state index in [0.29, 0.717) is 34.5 Å².